The van der Waals surface area contributed by atoms with Crippen molar-refractivity contribution in [3.63, 3.8) is 0 Å². The molecule has 0 saturated carbocycles. The Hall–Kier alpha value is -3.00. The van der Waals surface area contributed by atoms with Crippen LogP contribution in [0.1, 0.15) is 16.1 Å². The highest BCUT2D eigenvalue weighted by Crippen LogP contribution is 2.24. The molecule has 0 spiro atoms. The summed E-state index contributed by atoms with van der Waals surface area (Å²) in [5.74, 6) is -0.697. The highest BCUT2D eigenvalue weighted by molar-refractivity contribution is 6.23. The summed E-state index contributed by atoms with van der Waals surface area (Å²) in [6, 6.07) is 7.32. The second-order valence-corrected chi connectivity index (χ2v) is 4.69. The molecule has 3 rings (SSSR count). The molecule has 0 saturated heterocycles. The van der Waals surface area contributed by atoms with E-state index in [1.807, 2.05) is 18.2 Å². The second kappa shape index (κ2) is 6.41. The van der Waals surface area contributed by atoms with Gasteiger partial charge in [-0.15, -0.1) is 17.5 Å². The van der Waals surface area contributed by atoms with Crippen molar-refractivity contribution in [3.8, 4) is 0 Å². The molecule has 1 aromatic carbocycles. The Kier molecular flexibility index (Phi) is 4.56. The number of aromatic nitrogens is 4. The zero-order chi connectivity index (χ0) is 15.7. The molecule has 0 aliphatic carbocycles. The van der Waals surface area contributed by atoms with Crippen LogP contribution in [0.5, 0.6) is 0 Å². The minimum Gasteiger partial charge on any atom is -0.369 e. The highest BCUT2D eigenvalue weighted by Gasteiger charge is 2.26. The Balaban J connectivity index is 0.00000192. The lowest BCUT2D eigenvalue weighted by Gasteiger charge is -2.20. The SMILES string of the molecule is Cc1[nH]ncc1C(=O)N(C(=N)N)c1nncc2ccccc12.Cl. The Morgan fingerprint density at radius 1 is 1.30 bits per heavy atom. The summed E-state index contributed by atoms with van der Waals surface area (Å²) in [7, 11) is 0. The number of amides is 1. The maximum atomic E-state index is 12.7. The van der Waals surface area contributed by atoms with Crippen LogP contribution in [-0.2, 0) is 0 Å². The van der Waals surface area contributed by atoms with Crippen LogP contribution >= 0.6 is 12.4 Å². The van der Waals surface area contributed by atoms with Crippen LogP contribution in [0, 0.1) is 12.3 Å². The fourth-order valence-corrected chi connectivity index (χ4v) is 2.18. The number of hydrogen-bond donors (Lipinski definition) is 3. The maximum absolute atomic E-state index is 12.7. The van der Waals surface area contributed by atoms with Gasteiger partial charge in [-0.05, 0) is 6.92 Å². The molecule has 0 fully saturated rings. The molecule has 1 amide bonds. The van der Waals surface area contributed by atoms with Crippen LogP contribution in [0.2, 0.25) is 0 Å². The third-order valence-electron chi connectivity index (χ3n) is 3.27. The highest BCUT2D eigenvalue weighted by atomic mass is 35.5. The van der Waals surface area contributed by atoms with Crippen molar-refractivity contribution >= 4 is 40.9 Å². The number of hydrogen-bond acceptors (Lipinski definition) is 5. The number of fused-ring (bicyclic) bond motifs is 1. The summed E-state index contributed by atoms with van der Waals surface area (Å²) in [5.41, 5.74) is 6.52. The van der Waals surface area contributed by atoms with E-state index in [0.29, 0.717) is 16.6 Å². The Morgan fingerprint density at radius 2 is 2.04 bits per heavy atom. The Morgan fingerprint density at radius 3 is 2.70 bits per heavy atom. The van der Waals surface area contributed by atoms with Crippen LogP contribution in [0.3, 0.4) is 0 Å². The van der Waals surface area contributed by atoms with Crippen LogP contribution < -0.4 is 10.6 Å². The number of carbonyl (C=O) groups is 1. The minimum atomic E-state index is -0.482. The number of aromatic amines is 1. The lowest BCUT2D eigenvalue weighted by Crippen LogP contribution is -2.42. The van der Waals surface area contributed by atoms with Gasteiger partial charge in [-0.1, -0.05) is 24.3 Å². The summed E-state index contributed by atoms with van der Waals surface area (Å²) in [5, 5.41) is 23.6. The van der Waals surface area contributed by atoms with Crippen molar-refractivity contribution < 1.29 is 4.79 Å². The number of halogens is 1. The minimum absolute atomic E-state index is 0. The van der Waals surface area contributed by atoms with Crippen LogP contribution in [0.15, 0.2) is 36.7 Å². The van der Waals surface area contributed by atoms with E-state index in [1.54, 1.807) is 19.2 Å². The van der Waals surface area contributed by atoms with Gasteiger partial charge in [-0.25, -0.2) is 4.90 Å². The number of anilines is 1. The standard InChI is InChI=1S/C14H13N7O.ClH/c1-8-11(7-18-19-8)13(22)21(14(15)16)12-10-5-3-2-4-9(10)6-17-20-12;/h2-7H,1H3,(H3,15,16)(H,18,19);1H. The first-order chi connectivity index (χ1) is 10.6. The van der Waals surface area contributed by atoms with Crippen molar-refractivity contribution in [1.82, 2.24) is 20.4 Å². The molecule has 23 heavy (non-hydrogen) atoms. The molecule has 118 valence electrons. The van der Waals surface area contributed by atoms with Gasteiger partial charge in [0.1, 0.15) is 0 Å². The van der Waals surface area contributed by atoms with Crippen molar-refractivity contribution in [1.29, 1.82) is 5.41 Å². The van der Waals surface area contributed by atoms with Crippen LogP contribution in [0.25, 0.3) is 10.8 Å². The smallest absolute Gasteiger partial charge is 0.269 e. The van der Waals surface area contributed by atoms with Gasteiger partial charge >= 0.3 is 0 Å². The fraction of sp³-hybridized carbons (Fsp3) is 0.0714. The molecular weight excluding hydrogens is 318 g/mol. The van der Waals surface area contributed by atoms with E-state index in [4.69, 9.17) is 11.1 Å². The topological polar surface area (TPSA) is 125 Å². The number of carbonyl (C=O) groups excluding carboxylic acids is 1. The normalized spacial score (nSPS) is 10.1. The molecule has 0 unspecified atom stereocenters. The number of H-pyrrole nitrogens is 1. The lowest BCUT2D eigenvalue weighted by atomic mass is 10.1. The Labute approximate surface area is 137 Å². The van der Waals surface area contributed by atoms with Gasteiger partial charge in [0, 0.05) is 16.5 Å². The van der Waals surface area contributed by atoms with Crippen molar-refractivity contribution in [3.05, 3.63) is 47.9 Å². The van der Waals surface area contributed by atoms with E-state index in [9.17, 15) is 4.79 Å². The number of nitrogens with zero attached hydrogens (tertiary/aromatic N) is 4. The van der Waals surface area contributed by atoms with Crippen molar-refractivity contribution in [2.75, 3.05) is 4.90 Å². The van der Waals surface area contributed by atoms with Crippen LogP contribution in [0.4, 0.5) is 5.82 Å². The summed E-state index contributed by atoms with van der Waals surface area (Å²) in [6.45, 7) is 1.72. The first-order valence-electron chi connectivity index (χ1n) is 6.48. The summed E-state index contributed by atoms with van der Waals surface area (Å²) in [4.78, 5) is 13.7. The molecule has 0 atom stereocenters. The quantitative estimate of drug-likeness (QED) is 0.486. The number of guanidine groups is 1. The van der Waals surface area contributed by atoms with Gasteiger partial charge in [0.2, 0.25) is 5.96 Å². The molecule has 2 aromatic heterocycles. The largest absolute Gasteiger partial charge is 0.369 e. The van der Waals surface area contributed by atoms with Gasteiger partial charge in [0.05, 0.1) is 18.0 Å². The van der Waals surface area contributed by atoms with E-state index in [1.165, 1.54) is 6.20 Å². The van der Waals surface area contributed by atoms with Crippen molar-refractivity contribution in [2.45, 2.75) is 6.92 Å². The number of benzene rings is 1. The lowest BCUT2D eigenvalue weighted by molar-refractivity contribution is 0.100. The molecule has 4 N–H and O–H groups in total. The summed E-state index contributed by atoms with van der Waals surface area (Å²) >= 11 is 0. The predicted octanol–water partition coefficient (Wildman–Crippen LogP) is 1.62. The number of nitrogens with two attached hydrogens (primary N) is 1. The molecular formula is C14H14ClN7O. The third-order valence-corrected chi connectivity index (χ3v) is 3.27. The molecule has 8 nitrogen and oxygen atoms in total. The average Bonchev–Trinajstić information content (AvgIpc) is 2.93. The number of nitrogens with one attached hydrogen (secondary N) is 2. The summed E-state index contributed by atoms with van der Waals surface area (Å²) in [6.07, 6.45) is 2.98. The van der Waals surface area contributed by atoms with Gasteiger partial charge in [-0.3, -0.25) is 15.3 Å². The molecule has 0 radical (unpaired) electrons. The molecule has 0 aliphatic rings. The zero-order valence-corrected chi connectivity index (χ0v) is 13.0. The Bertz CT molecular complexity index is 871. The maximum Gasteiger partial charge on any atom is 0.269 e. The van der Waals surface area contributed by atoms with E-state index in [2.05, 4.69) is 20.4 Å². The van der Waals surface area contributed by atoms with Gasteiger partial charge < -0.3 is 5.73 Å². The van der Waals surface area contributed by atoms with E-state index >= 15 is 0 Å². The average molecular weight is 332 g/mol. The molecule has 3 aromatic rings. The van der Waals surface area contributed by atoms with Gasteiger partial charge in [0.15, 0.2) is 5.82 Å². The van der Waals surface area contributed by atoms with Gasteiger partial charge in [0.25, 0.3) is 5.91 Å². The third kappa shape index (κ3) is 2.84. The molecule has 2 heterocycles. The predicted molar refractivity (Wildman–Crippen MR) is 88.8 cm³/mol. The van der Waals surface area contributed by atoms with Crippen molar-refractivity contribution in [2.24, 2.45) is 5.73 Å². The number of aryl methyl sites for hydroxylation is 1. The summed E-state index contributed by atoms with van der Waals surface area (Å²) < 4.78 is 0. The second-order valence-electron chi connectivity index (χ2n) is 4.69. The molecule has 0 bridgehead atoms. The number of rotatable bonds is 2. The monoisotopic (exact) mass is 331 g/mol. The molecule has 9 heteroatoms. The van der Waals surface area contributed by atoms with E-state index in [-0.39, 0.29) is 18.2 Å². The van der Waals surface area contributed by atoms with Crippen LogP contribution in [-0.4, -0.2) is 32.3 Å². The van der Waals surface area contributed by atoms with E-state index in [0.717, 1.165) is 10.3 Å². The van der Waals surface area contributed by atoms with E-state index < -0.39 is 11.9 Å². The zero-order valence-electron chi connectivity index (χ0n) is 12.1. The molecule has 0 aliphatic heterocycles. The first kappa shape index (κ1) is 16.4. The first-order valence-corrected chi connectivity index (χ1v) is 6.48. The fourth-order valence-electron chi connectivity index (χ4n) is 2.18. The van der Waals surface area contributed by atoms with Gasteiger partial charge in [-0.2, -0.15) is 10.2 Å².